The minimum absolute atomic E-state index is 0. The van der Waals surface area contributed by atoms with Gasteiger partial charge in [0.15, 0.2) is 0 Å². The number of benzene rings is 1. The van der Waals surface area contributed by atoms with E-state index < -0.39 is 0 Å². The van der Waals surface area contributed by atoms with Crippen LogP contribution in [0.5, 0.6) is 0 Å². The Morgan fingerprint density at radius 1 is 1.32 bits per heavy atom. The lowest BCUT2D eigenvalue weighted by Crippen LogP contribution is -2.42. The van der Waals surface area contributed by atoms with Crippen molar-refractivity contribution in [3.05, 3.63) is 35.9 Å². The summed E-state index contributed by atoms with van der Waals surface area (Å²) >= 11 is 0. The van der Waals surface area contributed by atoms with Crippen LogP contribution in [-0.4, -0.2) is 36.5 Å². The normalized spacial score (nSPS) is 16.9. The molecule has 1 fully saturated rings. The van der Waals surface area contributed by atoms with E-state index in [9.17, 15) is 4.79 Å². The number of likely N-dealkylation sites (tertiary alicyclic amines) is 1. The molecule has 4 nitrogen and oxygen atoms in total. The number of piperidine rings is 1. The van der Waals surface area contributed by atoms with E-state index in [2.05, 4.69) is 6.92 Å². The van der Waals surface area contributed by atoms with E-state index >= 15 is 0 Å². The molecule has 2 N–H and O–H groups in total. The number of hydrogen-bond donors (Lipinski definition) is 1. The minimum Gasteiger partial charge on any atom is -0.376 e. The summed E-state index contributed by atoms with van der Waals surface area (Å²) in [4.78, 5) is 14.0. The second kappa shape index (κ2) is 9.82. The quantitative estimate of drug-likeness (QED) is 0.817. The van der Waals surface area contributed by atoms with Crippen molar-refractivity contribution in [3.63, 3.8) is 0 Å². The molecule has 1 saturated heterocycles. The Hall–Kier alpha value is -1.10. The van der Waals surface area contributed by atoms with Gasteiger partial charge in [-0.15, -0.1) is 12.4 Å². The third-order valence-electron chi connectivity index (χ3n) is 4.21. The summed E-state index contributed by atoms with van der Waals surface area (Å²) in [5.74, 6) is 0.759. The van der Waals surface area contributed by atoms with Crippen LogP contribution in [-0.2, 0) is 16.1 Å². The maximum atomic E-state index is 12.1. The Morgan fingerprint density at radius 3 is 2.55 bits per heavy atom. The molecule has 1 unspecified atom stereocenters. The van der Waals surface area contributed by atoms with Crippen LogP contribution in [0.1, 0.15) is 31.7 Å². The molecule has 1 amide bonds. The SMILES string of the molecule is CC(N)C1CCN(C(=O)CCOCc2ccccc2)CC1.Cl. The summed E-state index contributed by atoms with van der Waals surface area (Å²) in [6, 6.07) is 10.3. The van der Waals surface area contributed by atoms with Gasteiger partial charge in [-0.2, -0.15) is 0 Å². The van der Waals surface area contributed by atoms with E-state index in [-0.39, 0.29) is 24.4 Å². The fourth-order valence-electron chi connectivity index (χ4n) is 2.76. The molecule has 0 spiro atoms. The fourth-order valence-corrected chi connectivity index (χ4v) is 2.76. The van der Waals surface area contributed by atoms with Crippen molar-refractivity contribution in [1.82, 2.24) is 4.90 Å². The number of carbonyl (C=O) groups is 1. The highest BCUT2D eigenvalue weighted by Crippen LogP contribution is 2.19. The highest BCUT2D eigenvalue weighted by molar-refractivity contribution is 5.85. The zero-order valence-corrected chi connectivity index (χ0v) is 14.1. The van der Waals surface area contributed by atoms with Crippen LogP contribution >= 0.6 is 12.4 Å². The van der Waals surface area contributed by atoms with Gasteiger partial charge in [-0.1, -0.05) is 30.3 Å². The Balaban J connectivity index is 0.00000242. The molecule has 1 heterocycles. The standard InChI is InChI=1S/C17H26N2O2.ClH/c1-14(18)16-7-10-19(11-8-16)17(20)9-12-21-13-15-5-3-2-4-6-15;/h2-6,14,16H,7-13,18H2,1H3;1H. The Morgan fingerprint density at radius 2 is 1.95 bits per heavy atom. The van der Waals surface area contributed by atoms with Crippen LogP contribution in [0.15, 0.2) is 30.3 Å². The highest BCUT2D eigenvalue weighted by atomic mass is 35.5. The number of nitrogens with two attached hydrogens (primary N) is 1. The van der Waals surface area contributed by atoms with Gasteiger partial charge in [0, 0.05) is 19.1 Å². The van der Waals surface area contributed by atoms with Gasteiger partial charge in [-0.05, 0) is 31.2 Å². The number of carbonyl (C=O) groups excluding carboxylic acids is 1. The highest BCUT2D eigenvalue weighted by Gasteiger charge is 2.24. The van der Waals surface area contributed by atoms with Crippen LogP contribution in [0.3, 0.4) is 0 Å². The molecular weight excluding hydrogens is 300 g/mol. The average Bonchev–Trinajstić information content (AvgIpc) is 2.52. The largest absolute Gasteiger partial charge is 0.376 e. The second-order valence-electron chi connectivity index (χ2n) is 5.87. The maximum Gasteiger partial charge on any atom is 0.224 e. The maximum absolute atomic E-state index is 12.1. The summed E-state index contributed by atoms with van der Waals surface area (Å²) in [7, 11) is 0. The molecule has 1 aromatic carbocycles. The lowest BCUT2D eigenvalue weighted by atomic mass is 9.91. The van der Waals surface area contributed by atoms with Crippen LogP contribution in [0.4, 0.5) is 0 Å². The Bertz CT molecular complexity index is 432. The first-order valence-corrected chi connectivity index (χ1v) is 7.82. The predicted molar refractivity (Wildman–Crippen MR) is 90.9 cm³/mol. The number of rotatable bonds is 6. The average molecular weight is 327 g/mol. The lowest BCUT2D eigenvalue weighted by Gasteiger charge is -2.33. The van der Waals surface area contributed by atoms with E-state index in [0.717, 1.165) is 31.5 Å². The van der Waals surface area contributed by atoms with E-state index in [0.29, 0.717) is 25.6 Å². The molecule has 1 aromatic rings. The Kier molecular flexibility index (Phi) is 8.46. The first-order chi connectivity index (χ1) is 10.2. The van der Waals surface area contributed by atoms with Crippen LogP contribution in [0.25, 0.3) is 0 Å². The van der Waals surface area contributed by atoms with Crippen LogP contribution in [0.2, 0.25) is 0 Å². The van der Waals surface area contributed by atoms with Gasteiger partial charge >= 0.3 is 0 Å². The zero-order valence-electron chi connectivity index (χ0n) is 13.2. The number of halogens is 1. The molecule has 0 bridgehead atoms. The minimum atomic E-state index is 0. The number of amides is 1. The molecule has 0 radical (unpaired) electrons. The Labute approximate surface area is 139 Å². The van der Waals surface area contributed by atoms with Gasteiger partial charge < -0.3 is 15.4 Å². The monoisotopic (exact) mass is 326 g/mol. The number of hydrogen-bond acceptors (Lipinski definition) is 3. The van der Waals surface area contributed by atoms with E-state index in [1.54, 1.807) is 0 Å². The molecule has 1 atom stereocenters. The van der Waals surface area contributed by atoms with Gasteiger partial charge in [-0.3, -0.25) is 4.79 Å². The van der Waals surface area contributed by atoms with Gasteiger partial charge in [-0.25, -0.2) is 0 Å². The van der Waals surface area contributed by atoms with Gasteiger partial charge in [0.05, 0.1) is 19.6 Å². The summed E-state index contributed by atoms with van der Waals surface area (Å²) < 4.78 is 5.57. The number of nitrogens with zero attached hydrogens (tertiary/aromatic N) is 1. The van der Waals surface area contributed by atoms with E-state index in [4.69, 9.17) is 10.5 Å². The van der Waals surface area contributed by atoms with Crippen molar-refractivity contribution in [3.8, 4) is 0 Å². The first kappa shape index (κ1) is 18.9. The van der Waals surface area contributed by atoms with E-state index in [1.807, 2.05) is 35.2 Å². The summed E-state index contributed by atoms with van der Waals surface area (Å²) in [6.07, 6.45) is 2.51. The molecule has 22 heavy (non-hydrogen) atoms. The topological polar surface area (TPSA) is 55.6 Å². The van der Waals surface area contributed by atoms with Crippen LogP contribution in [0, 0.1) is 5.92 Å². The zero-order chi connectivity index (χ0) is 15.1. The lowest BCUT2D eigenvalue weighted by molar-refractivity contribution is -0.133. The van der Waals surface area contributed by atoms with Crippen molar-refractivity contribution in [2.45, 2.75) is 38.8 Å². The molecule has 1 aliphatic rings. The van der Waals surface area contributed by atoms with Crippen LogP contribution < -0.4 is 5.73 Å². The van der Waals surface area contributed by atoms with Gasteiger partial charge in [0.2, 0.25) is 5.91 Å². The van der Waals surface area contributed by atoms with Crippen molar-refractivity contribution in [2.24, 2.45) is 11.7 Å². The van der Waals surface area contributed by atoms with Crippen molar-refractivity contribution in [2.75, 3.05) is 19.7 Å². The molecule has 5 heteroatoms. The second-order valence-corrected chi connectivity index (χ2v) is 5.87. The van der Waals surface area contributed by atoms with Gasteiger partial charge in [0.25, 0.3) is 0 Å². The smallest absolute Gasteiger partial charge is 0.224 e. The third kappa shape index (κ3) is 5.95. The molecule has 124 valence electrons. The fraction of sp³-hybridized carbons (Fsp3) is 0.588. The molecule has 1 aliphatic heterocycles. The molecule has 0 aliphatic carbocycles. The van der Waals surface area contributed by atoms with Crippen molar-refractivity contribution in [1.29, 1.82) is 0 Å². The first-order valence-electron chi connectivity index (χ1n) is 7.82. The molecular formula is C17H27ClN2O2. The van der Waals surface area contributed by atoms with Gasteiger partial charge in [0.1, 0.15) is 0 Å². The third-order valence-corrected chi connectivity index (χ3v) is 4.21. The van der Waals surface area contributed by atoms with Crippen molar-refractivity contribution >= 4 is 18.3 Å². The van der Waals surface area contributed by atoms with E-state index in [1.165, 1.54) is 0 Å². The molecule has 2 rings (SSSR count). The van der Waals surface area contributed by atoms with Crippen molar-refractivity contribution < 1.29 is 9.53 Å². The molecule has 0 saturated carbocycles. The molecule has 0 aromatic heterocycles. The summed E-state index contributed by atoms with van der Waals surface area (Å²) in [6.45, 7) is 4.79. The predicted octanol–water partition coefficient (Wildman–Crippen LogP) is 2.60. The summed E-state index contributed by atoms with van der Waals surface area (Å²) in [5, 5.41) is 0. The number of ether oxygens (including phenoxy) is 1. The summed E-state index contributed by atoms with van der Waals surface area (Å²) in [5.41, 5.74) is 7.06.